The van der Waals surface area contributed by atoms with Crippen LogP contribution in [0.3, 0.4) is 0 Å². The number of hydrogen-bond acceptors (Lipinski definition) is 4. The van der Waals surface area contributed by atoms with E-state index in [4.69, 9.17) is 0 Å². The van der Waals surface area contributed by atoms with Crippen molar-refractivity contribution < 1.29 is 22.1 Å². The number of anilines is 1. The number of aryl methyl sites for hydroxylation is 1. The number of rotatable bonds is 4. The van der Waals surface area contributed by atoms with Gasteiger partial charge in [0.15, 0.2) is 11.5 Å². The molecule has 0 aliphatic rings. The Morgan fingerprint density at radius 3 is 2.27 bits per heavy atom. The molecule has 0 fully saturated rings. The van der Waals surface area contributed by atoms with Crippen LogP contribution in [0, 0.1) is 28.7 Å². The zero-order valence-electron chi connectivity index (χ0n) is 11.2. The van der Waals surface area contributed by atoms with Crippen molar-refractivity contribution in [2.75, 3.05) is 4.72 Å². The third-order valence-electron chi connectivity index (χ3n) is 2.80. The number of nitrogens with one attached hydrogen (secondary N) is 1. The van der Waals surface area contributed by atoms with E-state index in [1.165, 1.54) is 24.3 Å². The molecular formula is C13H10F2N2O4S. The normalized spacial score (nSPS) is 11.2. The van der Waals surface area contributed by atoms with Crippen molar-refractivity contribution >= 4 is 21.4 Å². The van der Waals surface area contributed by atoms with Crippen LogP contribution in [0.25, 0.3) is 0 Å². The average molecular weight is 328 g/mol. The molecule has 2 rings (SSSR count). The molecule has 0 atom stereocenters. The Morgan fingerprint density at radius 1 is 1.14 bits per heavy atom. The first-order valence-corrected chi connectivity index (χ1v) is 7.42. The second-order valence-corrected chi connectivity index (χ2v) is 6.14. The number of nitrogens with zero attached hydrogens (tertiary/aromatic N) is 1. The van der Waals surface area contributed by atoms with Crippen LogP contribution >= 0.6 is 0 Å². The first-order chi connectivity index (χ1) is 10.2. The minimum atomic E-state index is -4.24. The molecule has 0 bridgehead atoms. The molecule has 1 N–H and O–H groups in total. The largest absolute Gasteiger partial charge is 0.299 e. The van der Waals surface area contributed by atoms with Crippen LogP contribution in [0.4, 0.5) is 20.2 Å². The van der Waals surface area contributed by atoms with E-state index in [1.54, 1.807) is 11.6 Å². The zero-order chi connectivity index (χ0) is 16.5. The maximum Gasteiger partial charge on any atom is 0.299 e. The lowest BCUT2D eigenvalue weighted by Crippen LogP contribution is -2.15. The summed E-state index contributed by atoms with van der Waals surface area (Å²) in [6.45, 7) is 1.74. The number of nitro benzene ring substituents is 1. The van der Waals surface area contributed by atoms with Crippen molar-refractivity contribution in [3.05, 3.63) is 63.7 Å². The SMILES string of the molecule is Cc1ccc(S(=O)(=O)Nc2c(F)cc(F)cc2[N+](=O)[O-])cc1. The van der Waals surface area contributed by atoms with Crippen LogP contribution in [0.5, 0.6) is 0 Å². The van der Waals surface area contributed by atoms with Gasteiger partial charge in [0.05, 0.1) is 15.9 Å². The topological polar surface area (TPSA) is 89.3 Å². The highest BCUT2D eigenvalue weighted by atomic mass is 32.2. The lowest BCUT2D eigenvalue weighted by Gasteiger charge is -2.09. The molecule has 22 heavy (non-hydrogen) atoms. The molecule has 0 spiro atoms. The Bertz CT molecular complexity index is 836. The smallest absolute Gasteiger partial charge is 0.271 e. The van der Waals surface area contributed by atoms with Crippen LogP contribution in [0.1, 0.15) is 5.56 Å². The molecule has 116 valence electrons. The Morgan fingerprint density at radius 2 is 1.73 bits per heavy atom. The molecule has 0 saturated carbocycles. The standard InChI is InChI=1S/C13H10F2N2O4S/c1-8-2-4-10(5-3-8)22(20,21)16-13-11(15)6-9(14)7-12(13)17(18)19/h2-7,16H,1H3. The number of nitro groups is 1. The first kappa shape index (κ1) is 15.8. The van der Waals surface area contributed by atoms with Crippen molar-refractivity contribution in [2.45, 2.75) is 11.8 Å². The van der Waals surface area contributed by atoms with Gasteiger partial charge in [-0.05, 0) is 19.1 Å². The molecule has 0 aliphatic heterocycles. The summed E-state index contributed by atoms with van der Waals surface area (Å²) in [4.78, 5) is 9.56. The highest BCUT2D eigenvalue weighted by Crippen LogP contribution is 2.30. The van der Waals surface area contributed by atoms with E-state index in [9.17, 15) is 27.3 Å². The van der Waals surface area contributed by atoms with Gasteiger partial charge in [0.2, 0.25) is 0 Å². The Hall–Kier alpha value is -2.55. The van der Waals surface area contributed by atoms with Crippen LogP contribution in [-0.2, 0) is 10.0 Å². The molecule has 2 aromatic carbocycles. The molecule has 0 saturated heterocycles. The Labute approximate surface area is 124 Å². The molecule has 0 aromatic heterocycles. The van der Waals surface area contributed by atoms with Gasteiger partial charge in [0.1, 0.15) is 5.82 Å². The Kier molecular flexibility index (Phi) is 4.09. The van der Waals surface area contributed by atoms with E-state index >= 15 is 0 Å². The summed E-state index contributed by atoms with van der Waals surface area (Å²) in [6.07, 6.45) is 0. The van der Waals surface area contributed by atoms with Crippen molar-refractivity contribution in [3.63, 3.8) is 0 Å². The molecule has 0 heterocycles. The summed E-state index contributed by atoms with van der Waals surface area (Å²) in [6, 6.07) is 6.37. The minimum Gasteiger partial charge on any atom is -0.271 e. The summed E-state index contributed by atoms with van der Waals surface area (Å²) in [7, 11) is -4.24. The molecule has 0 unspecified atom stereocenters. The number of sulfonamides is 1. The average Bonchev–Trinajstić information content (AvgIpc) is 2.41. The van der Waals surface area contributed by atoms with Crippen LogP contribution < -0.4 is 4.72 Å². The minimum absolute atomic E-state index is 0.198. The predicted molar refractivity (Wildman–Crippen MR) is 75.0 cm³/mol. The highest BCUT2D eigenvalue weighted by Gasteiger charge is 2.25. The lowest BCUT2D eigenvalue weighted by atomic mass is 10.2. The number of halogens is 2. The highest BCUT2D eigenvalue weighted by molar-refractivity contribution is 7.92. The van der Waals surface area contributed by atoms with E-state index in [0.717, 1.165) is 5.56 Å². The number of hydrogen-bond donors (Lipinski definition) is 1. The van der Waals surface area contributed by atoms with Crippen molar-refractivity contribution in [1.82, 2.24) is 0 Å². The van der Waals surface area contributed by atoms with Gasteiger partial charge in [0.25, 0.3) is 15.7 Å². The lowest BCUT2D eigenvalue weighted by molar-refractivity contribution is -0.384. The van der Waals surface area contributed by atoms with Gasteiger partial charge in [-0.15, -0.1) is 0 Å². The van der Waals surface area contributed by atoms with E-state index in [2.05, 4.69) is 0 Å². The second kappa shape index (κ2) is 5.68. The van der Waals surface area contributed by atoms with Gasteiger partial charge in [-0.3, -0.25) is 14.8 Å². The van der Waals surface area contributed by atoms with Gasteiger partial charge >= 0.3 is 0 Å². The fourth-order valence-electron chi connectivity index (χ4n) is 1.72. The maximum absolute atomic E-state index is 13.7. The monoisotopic (exact) mass is 328 g/mol. The molecule has 2 aromatic rings. The van der Waals surface area contributed by atoms with E-state index in [1.807, 2.05) is 0 Å². The van der Waals surface area contributed by atoms with Gasteiger partial charge in [-0.25, -0.2) is 17.2 Å². The molecule has 0 radical (unpaired) electrons. The summed E-state index contributed by atoms with van der Waals surface area (Å²) in [5.74, 6) is -2.55. The maximum atomic E-state index is 13.7. The predicted octanol–water partition coefficient (Wildman–Crippen LogP) is 2.98. The summed E-state index contributed by atoms with van der Waals surface area (Å²) in [5.41, 5.74) is -1.11. The first-order valence-electron chi connectivity index (χ1n) is 5.93. The Balaban J connectivity index is 2.50. The van der Waals surface area contributed by atoms with Crippen LogP contribution in [0.2, 0.25) is 0 Å². The van der Waals surface area contributed by atoms with Gasteiger partial charge < -0.3 is 0 Å². The van der Waals surface area contributed by atoms with Crippen molar-refractivity contribution in [3.8, 4) is 0 Å². The molecule has 6 nitrogen and oxygen atoms in total. The molecular weight excluding hydrogens is 318 g/mol. The third-order valence-corrected chi connectivity index (χ3v) is 4.16. The number of benzene rings is 2. The molecule has 0 aliphatic carbocycles. The summed E-state index contributed by atoms with van der Waals surface area (Å²) >= 11 is 0. The van der Waals surface area contributed by atoms with Crippen LogP contribution in [0.15, 0.2) is 41.3 Å². The van der Waals surface area contributed by atoms with Gasteiger partial charge in [0, 0.05) is 6.07 Å². The summed E-state index contributed by atoms with van der Waals surface area (Å²) in [5, 5.41) is 10.8. The van der Waals surface area contributed by atoms with E-state index in [0.29, 0.717) is 12.1 Å². The van der Waals surface area contributed by atoms with Crippen molar-refractivity contribution in [1.29, 1.82) is 0 Å². The van der Waals surface area contributed by atoms with Crippen LogP contribution in [-0.4, -0.2) is 13.3 Å². The van der Waals surface area contributed by atoms with E-state index < -0.39 is 38.0 Å². The fourth-order valence-corrected chi connectivity index (χ4v) is 2.80. The molecule has 9 heteroatoms. The van der Waals surface area contributed by atoms with Crippen molar-refractivity contribution in [2.24, 2.45) is 0 Å². The van der Waals surface area contributed by atoms with E-state index in [-0.39, 0.29) is 4.90 Å². The summed E-state index contributed by atoms with van der Waals surface area (Å²) < 4.78 is 52.8. The quantitative estimate of drug-likeness (QED) is 0.690. The van der Waals surface area contributed by atoms with Gasteiger partial charge in [-0.1, -0.05) is 17.7 Å². The second-order valence-electron chi connectivity index (χ2n) is 4.46. The fraction of sp³-hybridized carbons (Fsp3) is 0.0769. The van der Waals surface area contributed by atoms with Gasteiger partial charge in [-0.2, -0.15) is 0 Å². The molecule has 0 amide bonds. The third kappa shape index (κ3) is 3.19. The zero-order valence-corrected chi connectivity index (χ0v) is 12.0.